The molecule has 0 unspecified atom stereocenters. The zero-order chi connectivity index (χ0) is 22.3. The van der Waals surface area contributed by atoms with Crippen LogP contribution in [0.2, 0.25) is 0 Å². The molecular formula is C24H22N4O2S. The molecule has 3 aromatic rings. The molecule has 1 aliphatic rings. The topological polar surface area (TPSA) is 67.2 Å². The van der Waals surface area contributed by atoms with Gasteiger partial charge in [0, 0.05) is 29.5 Å². The van der Waals surface area contributed by atoms with Crippen molar-refractivity contribution < 1.29 is 9.59 Å². The van der Waals surface area contributed by atoms with Crippen molar-refractivity contribution in [3.63, 3.8) is 0 Å². The predicted octanol–water partition coefficient (Wildman–Crippen LogP) is 3.94. The molecule has 0 saturated carbocycles. The molecule has 1 aliphatic heterocycles. The van der Waals surface area contributed by atoms with Crippen molar-refractivity contribution in [2.45, 2.75) is 27.7 Å². The van der Waals surface area contributed by atoms with E-state index in [9.17, 15) is 9.59 Å². The average Bonchev–Trinajstić information content (AvgIpc) is 3.01. The number of aromatic nitrogens is 2. The molecule has 1 aromatic carbocycles. The molecule has 1 N–H and O–H groups in total. The van der Waals surface area contributed by atoms with Gasteiger partial charge in [0.1, 0.15) is 5.57 Å². The minimum Gasteiger partial charge on any atom is -0.318 e. The maximum absolute atomic E-state index is 13.3. The summed E-state index contributed by atoms with van der Waals surface area (Å²) in [5.74, 6) is -0.936. The number of anilines is 1. The monoisotopic (exact) mass is 430 g/mol. The minimum atomic E-state index is -0.496. The van der Waals surface area contributed by atoms with Crippen molar-refractivity contribution in [2.75, 3.05) is 4.90 Å². The van der Waals surface area contributed by atoms with Crippen LogP contribution in [0.15, 0.2) is 54.4 Å². The van der Waals surface area contributed by atoms with Crippen LogP contribution in [-0.4, -0.2) is 26.5 Å². The highest BCUT2D eigenvalue weighted by atomic mass is 32.1. The first-order chi connectivity index (χ1) is 14.8. The Morgan fingerprint density at radius 1 is 0.935 bits per heavy atom. The first-order valence-corrected chi connectivity index (χ1v) is 10.3. The van der Waals surface area contributed by atoms with E-state index in [2.05, 4.69) is 14.9 Å². The standard InChI is InChI=1S/C24H22N4O2S/c1-14-5-6-20(11-15(14)2)28-23(30)21(22(29)26-24(28)31)13-18-12-16(3)27(17(18)4)19-7-9-25-10-8-19/h5-13H,1-4H3,(H,26,29,31)/b21-13-. The Kier molecular flexibility index (Phi) is 5.29. The Bertz CT molecular complexity index is 1260. The third-order valence-corrected chi connectivity index (χ3v) is 5.83. The first-order valence-electron chi connectivity index (χ1n) is 9.86. The van der Waals surface area contributed by atoms with Gasteiger partial charge in [-0.15, -0.1) is 0 Å². The van der Waals surface area contributed by atoms with Crippen LogP contribution in [0.4, 0.5) is 5.69 Å². The van der Waals surface area contributed by atoms with Crippen molar-refractivity contribution in [3.05, 3.63) is 82.4 Å². The largest absolute Gasteiger partial charge is 0.318 e. The van der Waals surface area contributed by atoms with Gasteiger partial charge in [-0.1, -0.05) is 6.07 Å². The fraction of sp³-hybridized carbons (Fsp3) is 0.167. The van der Waals surface area contributed by atoms with E-state index in [0.29, 0.717) is 5.69 Å². The summed E-state index contributed by atoms with van der Waals surface area (Å²) in [5, 5.41) is 2.73. The van der Waals surface area contributed by atoms with Crippen LogP contribution in [0.5, 0.6) is 0 Å². The fourth-order valence-electron chi connectivity index (χ4n) is 3.74. The second-order valence-corrected chi connectivity index (χ2v) is 7.98. The van der Waals surface area contributed by atoms with E-state index in [-0.39, 0.29) is 10.7 Å². The number of amides is 2. The van der Waals surface area contributed by atoms with E-state index in [1.807, 2.05) is 64.1 Å². The lowest BCUT2D eigenvalue weighted by molar-refractivity contribution is -0.122. The Balaban J connectivity index is 1.77. The summed E-state index contributed by atoms with van der Waals surface area (Å²) in [4.78, 5) is 31.4. The van der Waals surface area contributed by atoms with Gasteiger partial charge < -0.3 is 4.57 Å². The quantitative estimate of drug-likeness (QED) is 0.388. The Morgan fingerprint density at radius 2 is 1.65 bits per heavy atom. The lowest BCUT2D eigenvalue weighted by Crippen LogP contribution is -2.54. The molecule has 1 saturated heterocycles. The summed E-state index contributed by atoms with van der Waals surface area (Å²) in [5.41, 5.74) is 6.49. The fourth-order valence-corrected chi connectivity index (χ4v) is 4.02. The highest BCUT2D eigenvalue weighted by Crippen LogP contribution is 2.27. The van der Waals surface area contributed by atoms with Crippen molar-refractivity contribution in [3.8, 4) is 5.69 Å². The van der Waals surface area contributed by atoms with Gasteiger partial charge >= 0.3 is 0 Å². The summed E-state index contributed by atoms with van der Waals surface area (Å²) in [7, 11) is 0. The van der Waals surface area contributed by atoms with Gasteiger partial charge in [0.15, 0.2) is 5.11 Å². The SMILES string of the molecule is Cc1ccc(N2C(=O)/C(=C\c3cc(C)n(-c4ccncc4)c3C)C(=O)NC2=S)cc1C. The molecule has 6 nitrogen and oxygen atoms in total. The summed E-state index contributed by atoms with van der Waals surface area (Å²) >= 11 is 5.31. The molecule has 1 fully saturated rings. The molecule has 0 spiro atoms. The molecule has 4 rings (SSSR count). The molecule has 31 heavy (non-hydrogen) atoms. The Morgan fingerprint density at radius 3 is 2.32 bits per heavy atom. The van der Waals surface area contributed by atoms with Crippen LogP contribution < -0.4 is 10.2 Å². The third-order valence-electron chi connectivity index (χ3n) is 5.54. The Labute approximate surface area is 186 Å². The molecule has 7 heteroatoms. The zero-order valence-electron chi connectivity index (χ0n) is 17.8. The molecule has 0 aliphatic carbocycles. The average molecular weight is 431 g/mol. The lowest BCUT2D eigenvalue weighted by atomic mass is 10.1. The minimum absolute atomic E-state index is 0.0433. The summed E-state index contributed by atoms with van der Waals surface area (Å²) < 4.78 is 2.06. The van der Waals surface area contributed by atoms with Gasteiger partial charge in [-0.3, -0.25) is 24.8 Å². The number of nitrogens with one attached hydrogen (secondary N) is 1. The van der Waals surface area contributed by atoms with Crippen LogP contribution in [0.3, 0.4) is 0 Å². The second-order valence-electron chi connectivity index (χ2n) is 7.59. The van der Waals surface area contributed by atoms with Crippen molar-refractivity contribution in [2.24, 2.45) is 0 Å². The number of thiocarbonyl (C=S) groups is 1. The normalized spacial score (nSPS) is 15.5. The number of rotatable bonds is 3. The Hall–Kier alpha value is -3.58. The van der Waals surface area contributed by atoms with Gasteiger partial charge in [0.2, 0.25) is 0 Å². The van der Waals surface area contributed by atoms with Crippen molar-refractivity contribution in [1.82, 2.24) is 14.9 Å². The van der Waals surface area contributed by atoms with Crippen LogP contribution >= 0.6 is 12.2 Å². The number of hydrogen-bond acceptors (Lipinski definition) is 4. The molecular weight excluding hydrogens is 408 g/mol. The number of hydrogen-bond donors (Lipinski definition) is 1. The summed E-state index contributed by atoms with van der Waals surface area (Å²) in [6, 6.07) is 11.4. The van der Waals surface area contributed by atoms with Gasteiger partial charge in [0.05, 0.1) is 5.69 Å². The molecule has 3 heterocycles. The summed E-state index contributed by atoms with van der Waals surface area (Å²) in [6.07, 6.45) is 5.09. The molecule has 2 amide bonds. The van der Waals surface area contributed by atoms with Crippen molar-refractivity contribution >= 4 is 40.9 Å². The van der Waals surface area contributed by atoms with Gasteiger partial charge in [-0.25, -0.2) is 0 Å². The molecule has 156 valence electrons. The third kappa shape index (κ3) is 3.68. The van der Waals surface area contributed by atoms with Crippen LogP contribution in [-0.2, 0) is 9.59 Å². The highest BCUT2D eigenvalue weighted by molar-refractivity contribution is 7.80. The highest BCUT2D eigenvalue weighted by Gasteiger charge is 2.34. The van der Waals surface area contributed by atoms with Crippen LogP contribution in [0, 0.1) is 27.7 Å². The number of aryl methyl sites for hydroxylation is 3. The smallest absolute Gasteiger partial charge is 0.270 e. The number of pyridine rings is 1. The van der Waals surface area contributed by atoms with Gasteiger partial charge in [0.25, 0.3) is 11.8 Å². The number of carbonyl (C=O) groups excluding carboxylic acids is 2. The molecule has 0 bridgehead atoms. The first kappa shape index (κ1) is 20.7. The van der Waals surface area contributed by atoms with E-state index >= 15 is 0 Å². The van der Waals surface area contributed by atoms with E-state index in [1.165, 1.54) is 4.90 Å². The van der Waals surface area contributed by atoms with Crippen LogP contribution in [0.1, 0.15) is 28.1 Å². The second kappa shape index (κ2) is 7.92. The van der Waals surface area contributed by atoms with Crippen LogP contribution in [0.25, 0.3) is 11.8 Å². The molecule has 0 radical (unpaired) electrons. The van der Waals surface area contributed by atoms with Gasteiger partial charge in [-0.2, -0.15) is 0 Å². The maximum atomic E-state index is 13.3. The van der Waals surface area contributed by atoms with Gasteiger partial charge in [-0.05, 0) is 93.0 Å². The molecule has 0 atom stereocenters. The predicted molar refractivity (Wildman–Crippen MR) is 125 cm³/mol. The van der Waals surface area contributed by atoms with E-state index in [1.54, 1.807) is 18.5 Å². The number of carbonyl (C=O) groups is 2. The molecule has 2 aromatic heterocycles. The van der Waals surface area contributed by atoms with Crippen molar-refractivity contribution in [1.29, 1.82) is 0 Å². The van der Waals surface area contributed by atoms with E-state index < -0.39 is 11.8 Å². The number of nitrogens with zero attached hydrogens (tertiary/aromatic N) is 3. The number of benzene rings is 1. The summed E-state index contributed by atoms with van der Waals surface area (Å²) in [6.45, 7) is 7.91. The lowest BCUT2D eigenvalue weighted by Gasteiger charge is -2.29. The van der Waals surface area contributed by atoms with E-state index in [4.69, 9.17) is 12.2 Å². The van der Waals surface area contributed by atoms with E-state index in [0.717, 1.165) is 33.8 Å². The maximum Gasteiger partial charge on any atom is 0.270 e. The zero-order valence-corrected chi connectivity index (χ0v) is 18.6.